The fourth-order valence-electron chi connectivity index (χ4n) is 4.15. The van der Waals surface area contributed by atoms with Gasteiger partial charge < -0.3 is 19.7 Å². The second kappa shape index (κ2) is 8.43. The van der Waals surface area contributed by atoms with Gasteiger partial charge in [-0.15, -0.1) is 0 Å². The maximum atomic E-state index is 6.40. The van der Waals surface area contributed by atoms with E-state index in [1.165, 1.54) is 0 Å². The molecule has 1 saturated carbocycles. The molecule has 2 aromatic heterocycles. The van der Waals surface area contributed by atoms with Gasteiger partial charge in [0.15, 0.2) is 11.3 Å². The molecular weight excluding hydrogens is 384 g/mol. The first-order valence-corrected chi connectivity index (χ1v) is 10.6. The molecular formula is C21H26N6O3. The van der Waals surface area contributed by atoms with Gasteiger partial charge in [-0.05, 0) is 55.1 Å². The second-order valence-electron chi connectivity index (χ2n) is 7.93. The van der Waals surface area contributed by atoms with Gasteiger partial charge in [0.1, 0.15) is 5.52 Å². The van der Waals surface area contributed by atoms with Crippen molar-refractivity contribution in [2.24, 2.45) is 0 Å². The lowest BCUT2D eigenvalue weighted by molar-refractivity contribution is 0.122. The lowest BCUT2D eigenvalue weighted by atomic mass is 9.93. The lowest BCUT2D eigenvalue weighted by Gasteiger charge is -2.31. The third-order valence-corrected chi connectivity index (χ3v) is 5.78. The van der Waals surface area contributed by atoms with Gasteiger partial charge in [0.05, 0.1) is 19.3 Å². The molecule has 1 aromatic carbocycles. The first kappa shape index (κ1) is 19.0. The Hall–Kier alpha value is -2.94. The van der Waals surface area contributed by atoms with Crippen LogP contribution in [0.15, 0.2) is 29.0 Å². The number of nitrogens with one attached hydrogen (secondary N) is 1. The molecule has 0 spiro atoms. The third kappa shape index (κ3) is 4.16. The minimum Gasteiger partial charge on any atom is -0.488 e. The summed E-state index contributed by atoms with van der Waals surface area (Å²) in [5.74, 6) is 1.45. The van der Waals surface area contributed by atoms with Crippen molar-refractivity contribution in [1.82, 2.24) is 20.3 Å². The molecule has 9 nitrogen and oxygen atoms in total. The van der Waals surface area contributed by atoms with Crippen LogP contribution < -0.4 is 15.0 Å². The molecule has 3 heterocycles. The second-order valence-corrected chi connectivity index (χ2v) is 7.93. The van der Waals surface area contributed by atoms with Crippen molar-refractivity contribution >= 4 is 22.7 Å². The highest BCUT2D eigenvalue weighted by molar-refractivity contribution is 5.84. The molecule has 30 heavy (non-hydrogen) atoms. The Labute approximate surface area is 174 Å². The van der Waals surface area contributed by atoms with E-state index >= 15 is 0 Å². The number of aryl methyl sites for hydroxylation is 1. The maximum absolute atomic E-state index is 6.40. The molecule has 1 saturated heterocycles. The molecule has 0 unspecified atom stereocenters. The van der Waals surface area contributed by atoms with Crippen LogP contribution in [0.5, 0.6) is 5.75 Å². The smallest absolute Gasteiger partial charge is 0.223 e. The van der Waals surface area contributed by atoms with E-state index in [-0.39, 0.29) is 6.10 Å². The van der Waals surface area contributed by atoms with Crippen LogP contribution in [-0.4, -0.2) is 58.7 Å². The number of hydrogen-bond acceptors (Lipinski definition) is 9. The average molecular weight is 410 g/mol. The predicted octanol–water partition coefficient (Wildman–Crippen LogP) is 2.96. The fourth-order valence-corrected chi connectivity index (χ4v) is 4.15. The molecule has 0 bridgehead atoms. The monoisotopic (exact) mass is 410 g/mol. The fraction of sp³-hybridized carbons (Fsp3) is 0.524. The van der Waals surface area contributed by atoms with Gasteiger partial charge in [-0.25, -0.2) is 14.6 Å². The lowest BCUT2D eigenvalue weighted by Crippen LogP contribution is -2.36. The largest absolute Gasteiger partial charge is 0.488 e. The molecule has 0 radical (unpaired) electrons. The first-order chi connectivity index (χ1) is 14.7. The summed E-state index contributed by atoms with van der Waals surface area (Å²) in [5.41, 5.74) is 3.44. The standard InChI is InChI=1S/C21H26N6O3/c1-14-6-7-22-21(23-14)24-15-2-4-17(5-3-15)29-19-13-16(27-8-10-28-11-9-27)12-18-20(19)26-30-25-18/h6-7,12-13,15,17H,2-5,8-11H2,1H3,(H,22,23,24)/t15-,17+. The molecule has 2 fully saturated rings. The molecule has 0 atom stereocenters. The van der Waals surface area contributed by atoms with E-state index in [2.05, 4.69) is 36.6 Å². The van der Waals surface area contributed by atoms with Crippen LogP contribution in [0.3, 0.4) is 0 Å². The van der Waals surface area contributed by atoms with E-state index in [9.17, 15) is 0 Å². The van der Waals surface area contributed by atoms with Gasteiger partial charge in [-0.3, -0.25) is 0 Å². The molecule has 0 amide bonds. The third-order valence-electron chi connectivity index (χ3n) is 5.78. The molecule has 9 heteroatoms. The summed E-state index contributed by atoms with van der Waals surface area (Å²) in [6, 6.07) is 6.33. The Morgan fingerprint density at radius 2 is 1.93 bits per heavy atom. The van der Waals surface area contributed by atoms with Crippen molar-refractivity contribution < 1.29 is 14.1 Å². The number of benzene rings is 1. The van der Waals surface area contributed by atoms with E-state index in [1.807, 2.05) is 19.1 Å². The van der Waals surface area contributed by atoms with Crippen molar-refractivity contribution in [3.05, 3.63) is 30.1 Å². The molecule has 1 aliphatic heterocycles. The SMILES string of the molecule is Cc1ccnc(N[C@H]2CC[C@@H](Oc3cc(N4CCOCC4)cc4nonc34)CC2)n1. The topological polar surface area (TPSA) is 98.4 Å². The zero-order valence-electron chi connectivity index (χ0n) is 17.1. The highest BCUT2D eigenvalue weighted by atomic mass is 16.6. The average Bonchev–Trinajstić information content (AvgIpc) is 3.25. The molecule has 5 rings (SSSR count). The quantitative estimate of drug-likeness (QED) is 0.680. The van der Waals surface area contributed by atoms with Crippen molar-refractivity contribution in [1.29, 1.82) is 0 Å². The molecule has 2 aliphatic rings. The van der Waals surface area contributed by atoms with E-state index < -0.39 is 0 Å². The molecule has 1 aliphatic carbocycles. The summed E-state index contributed by atoms with van der Waals surface area (Å²) < 4.78 is 16.8. The number of aromatic nitrogens is 4. The summed E-state index contributed by atoms with van der Waals surface area (Å²) in [6.07, 6.45) is 5.85. The maximum Gasteiger partial charge on any atom is 0.223 e. The minimum atomic E-state index is 0.140. The number of nitrogens with zero attached hydrogens (tertiary/aromatic N) is 5. The highest BCUT2D eigenvalue weighted by Crippen LogP contribution is 2.33. The van der Waals surface area contributed by atoms with Crippen molar-refractivity contribution in [3.8, 4) is 5.75 Å². The van der Waals surface area contributed by atoms with Gasteiger partial charge in [-0.1, -0.05) is 0 Å². The Bertz CT molecular complexity index is 995. The van der Waals surface area contributed by atoms with E-state index in [0.717, 1.165) is 74.6 Å². The number of fused-ring (bicyclic) bond motifs is 1. The Morgan fingerprint density at radius 3 is 2.73 bits per heavy atom. The summed E-state index contributed by atoms with van der Waals surface area (Å²) in [7, 11) is 0. The Morgan fingerprint density at radius 1 is 1.10 bits per heavy atom. The normalized spacial score (nSPS) is 22.2. The summed E-state index contributed by atoms with van der Waals surface area (Å²) >= 11 is 0. The zero-order valence-corrected chi connectivity index (χ0v) is 17.1. The first-order valence-electron chi connectivity index (χ1n) is 10.6. The highest BCUT2D eigenvalue weighted by Gasteiger charge is 2.25. The summed E-state index contributed by atoms with van der Waals surface area (Å²) in [5, 5.41) is 11.6. The number of morpholine rings is 1. The number of ether oxygens (including phenoxy) is 2. The zero-order chi connectivity index (χ0) is 20.3. The number of anilines is 2. The van der Waals surface area contributed by atoms with Crippen LogP contribution in [0, 0.1) is 6.92 Å². The van der Waals surface area contributed by atoms with E-state index in [0.29, 0.717) is 17.5 Å². The van der Waals surface area contributed by atoms with Crippen LogP contribution in [0.25, 0.3) is 11.0 Å². The van der Waals surface area contributed by atoms with Crippen LogP contribution in [0.1, 0.15) is 31.4 Å². The van der Waals surface area contributed by atoms with Crippen LogP contribution >= 0.6 is 0 Å². The number of hydrogen-bond donors (Lipinski definition) is 1. The Kier molecular flexibility index (Phi) is 5.35. The molecule has 1 N–H and O–H groups in total. The summed E-state index contributed by atoms with van der Waals surface area (Å²) in [4.78, 5) is 11.0. The van der Waals surface area contributed by atoms with Crippen LogP contribution in [0.2, 0.25) is 0 Å². The van der Waals surface area contributed by atoms with E-state index in [1.54, 1.807) is 6.20 Å². The van der Waals surface area contributed by atoms with Gasteiger partial charge in [-0.2, -0.15) is 0 Å². The van der Waals surface area contributed by atoms with Gasteiger partial charge >= 0.3 is 0 Å². The van der Waals surface area contributed by atoms with Crippen molar-refractivity contribution in [2.45, 2.75) is 44.8 Å². The van der Waals surface area contributed by atoms with Crippen LogP contribution in [0.4, 0.5) is 11.6 Å². The van der Waals surface area contributed by atoms with Crippen molar-refractivity contribution in [3.63, 3.8) is 0 Å². The summed E-state index contributed by atoms with van der Waals surface area (Å²) in [6.45, 7) is 5.14. The van der Waals surface area contributed by atoms with Gasteiger partial charge in [0.25, 0.3) is 0 Å². The molecule has 3 aromatic rings. The van der Waals surface area contributed by atoms with E-state index in [4.69, 9.17) is 14.1 Å². The predicted molar refractivity (Wildman–Crippen MR) is 112 cm³/mol. The Balaban J connectivity index is 1.25. The van der Waals surface area contributed by atoms with Crippen LogP contribution in [-0.2, 0) is 4.74 Å². The van der Waals surface area contributed by atoms with Crippen molar-refractivity contribution in [2.75, 3.05) is 36.5 Å². The number of rotatable bonds is 5. The van der Waals surface area contributed by atoms with Gasteiger partial charge in [0.2, 0.25) is 5.95 Å². The minimum absolute atomic E-state index is 0.140. The molecule has 158 valence electrons. The van der Waals surface area contributed by atoms with Gasteiger partial charge in [0, 0.05) is 42.8 Å².